The molecule has 0 aliphatic rings. The summed E-state index contributed by atoms with van der Waals surface area (Å²) in [6.45, 7) is 1.90. The Bertz CT molecular complexity index is 628. The molecule has 1 aromatic carbocycles. The van der Waals surface area contributed by atoms with Crippen LogP contribution in [0.4, 0.5) is 0 Å². The number of rotatable bonds is 4. The fraction of sp³-hybridized carbons (Fsp3) is 0.200. The van der Waals surface area contributed by atoms with Gasteiger partial charge in [0.25, 0.3) is 0 Å². The van der Waals surface area contributed by atoms with Crippen LogP contribution in [0.5, 0.6) is 0 Å². The predicted molar refractivity (Wildman–Crippen MR) is 71.8 cm³/mol. The minimum absolute atomic E-state index is 0.145. The molecule has 0 saturated carbocycles. The molecule has 2 aromatic heterocycles. The molecule has 96 valence electrons. The Morgan fingerprint density at radius 3 is 2.63 bits per heavy atom. The second kappa shape index (κ2) is 5.10. The highest BCUT2D eigenvalue weighted by atomic mass is 16.3. The van der Waals surface area contributed by atoms with Crippen LogP contribution in [0, 0.1) is 6.92 Å². The van der Waals surface area contributed by atoms with E-state index in [1.54, 1.807) is 6.26 Å². The van der Waals surface area contributed by atoms with E-state index in [0.717, 1.165) is 23.8 Å². The molecule has 0 fully saturated rings. The summed E-state index contributed by atoms with van der Waals surface area (Å²) in [7, 11) is 0. The summed E-state index contributed by atoms with van der Waals surface area (Å²) in [5.74, 6) is 2.73. The van der Waals surface area contributed by atoms with Crippen LogP contribution in [0.25, 0.3) is 0 Å². The van der Waals surface area contributed by atoms with Crippen molar-refractivity contribution in [1.29, 1.82) is 0 Å². The second-order valence-electron chi connectivity index (χ2n) is 4.52. The van der Waals surface area contributed by atoms with Crippen LogP contribution in [0.3, 0.4) is 0 Å². The predicted octanol–water partition coefficient (Wildman–Crippen LogP) is 3.08. The number of nitrogens with one attached hydrogen (secondary N) is 1. The van der Waals surface area contributed by atoms with Gasteiger partial charge in [0.15, 0.2) is 5.82 Å². The van der Waals surface area contributed by atoms with Gasteiger partial charge in [0.05, 0.1) is 6.26 Å². The van der Waals surface area contributed by atoms with Crippen LogP contribution in [0.15, 0.2) is 53.1 Å². The molecule has 4 heteroatoms. The Hall–Kier alpha value is -2.36. The lowest BCUT2D eigenvalue weighted by Crippen LogP contribution is -2.05. The van der Waals surface area contributed by atoms with Gasteiger partial charge in [0, 0.05) is 12.3 Å². The first-order chi connectivity index (χ1) is 9.33. The highest BCUT2D eigenvalue weighted by Crippen LogP contribution is 2.27. The number of furan rings is 1. The average molecular weight is 253 g/mol. The van der Waals surface area contributed by atoms with Gasteiger partial charge in [0.1, 0.15) is 11.6 Å². The van der Waals surface area contributed by atoms with Crippen molar-refractivity contribution in [2.45, 2.75) is 19.3 Å². The van der Waals surface area contributed by atoms with E-state index in [9.17, 15) is 0 Å². The molecule has 0 spiro atoms. The molecule has 0 saturated heterocycles. The molecule has 4 nitrogen and oxygen atoms in total. The summed E-state index contributed by atoms with van der Waals surface area (Å²) in [6, 6.07) is 14.2. The zero-order chi connectivity index (χ0) is 13.1. The number of hydrogen-bond acceptors (Lipinski definition) is 3. The van der Waals surface area contributed by atoms with Crippen molar-refractivity contribution in [3.8, 4) is 0 Å². The minimum Gasteiger partial charge on any atom is -0.469 e. The summed E-state index contributed by atoms with van der Waals surface area (Å²) in [4.78, 5) is 4.38. The van der Waals surface area contributed by atoms with Crippen molar-refractivity contribution >= 4 is 0 Å². The zero-order valence-electron chi connectivity index (χ0n) is 10.7. The summed E-state index contributed by atoms with van der Waals surface area (Å²) in [5.41, 5.74) is 1.21. The van der Waals surface area contributed by atoms with Crippen molar-refractivity contribution in [3.63, 3.8) is 0 Å². The van der Waals surface area contributed by atoms with Crippen molar-refractivity contribution < 1.29 is 4.42 Å². The number of benzene rings is 1. The van der Waals surface area contributed by atoms with Gasteiger partial charge in [-0.25, -0.2) is 4.98 Å². The van der Waals surface area contributed by atoms with Crippen molar-refractivity contribution in [2.75, 3.05) is 0 Å². The SMILES string of the molecule is Cc1nc(CC(c2ccccc2)c2ccco2)n[nH]1. The third-order valence-electron chi connectivity index (χ3n) is 3.12. The molecule has 0 radical (unpaired) electrons. The van der Waals surface area contributed by atoms with Gasteiger partial charge in [-0.3, -0.25) is 5.10 Å². The Morgan fingerprint density at radius 1 is 1.16 bits per heavy atom. The smallest absolute Gasteiger partial charge is 0.151 e. The lowest BCUT2D eigenvalue weighted by atomic mass is 9.93. The van der Waals surface area contributed by atoms with E-state index in [1.165, 1.54) is 5.56 Å². The van der Waals surface area contributed by atoms with Gasteiger partial charge in [-0.2, -0.15) is 5.10 Å². The molecular formula is C15H15N3O. The monoisotopic (exact) mass is 253 g/mol. The Balaban J connectivity index is 1.93. The molecule has 0 bridgehead atoms. The summed E-state index contributed by atoms with van der Waals surface area (Å²) in [6.07, 6.45) is 2.43. The lowest BCUT2D eigenvalue weighted by molar-refractivity contribution is 0.481. The number of aryl methyl sites for hydroxylation is 1. The normalized spacial score (nSPS) is 12.5. The Labute approximate surface area is 111 Å². The first-order valence-electron chi connectivity index (χ1n) is 6.29. The molecule has 0 aliphatic carbocycles. The number of hydrogen-bond donors (Lipinski definition) is 1. The quantitative estimate of drug-likeness (QED) is 0.777. The number of nitrogens with zero attached hydrogens (tertiary/aromatic N) is 2. The minimum atomic E-state index is 0.145. The topological polar surface area (TPSA) is 54.7 Å². The highest BCUT2D eigenvalue weighted by Gasteiger charge is 2.19. The molecule has 0 aliphatic heterocycles. The molecule has 19 heavy (non-hydrogen) atoms. The molecule has 3 aromatic rings. The van der Waals surface area contributed by atoms with E-state index < -0.39 is 0 Å². The fourth-order valence-corrected chi connectivity index (χ4v) is 2.22. The van der Waals surface area contributed by atoms with Gasteiger partial charge in [0.2, 0.25) is 0 Å². The maximum Gasteiger partial charge on any atom is 0.151 e. The van der Waals surface area contributed by atoms with Gasteiger partial charge in [-0.15, -0.1) is 0 Å². The molecule has 3 rings (SSSR count). The van der Waals surface area contributed by atoms with Crippen molar-refractivity contribution in [2.24, 2.45) is 0 Å². The fourth-order valence-electron chi connectivity index (χ4n) is 2.22. The molecule has 1 unspecified atom stereocenters. The summed E-state index contributed by atoms with van der Waals surface area (Å²) in [5, 5.41) is 7.09. The first-order valence-corrected chi connectivity index (χ1v) is 6.29. The number of aromatic nitrogens is 3. The maximum atomic E-state index is 5.56. The molecule has 0 amide bonds. The average Bonchev–Trinajstić information content (AvgIpc) is 3.08. The van der Waals surface area contributed by atoms with Crippen LogP contribution in [0.1, 0.15) is 28.9 Å². The third-order valence-corrected chi connectivity index (χ3v) is 3.12. The third kappa shape index (κ3) is 2.57. The second-order valence-corrected chi connectivity index (χ2v) is 4.52. The van der Waals surface area contributed by atoms with E-state index in [4.69, 9.17) is 4.42 Å². The van der Waals surface area contributed by atoms with E-state index >= 15 is 0 Å². The van der Waals surface area contributed by atoms with Crippen molar-refractivity contribution in [3.05, 3.63) is 71.7 Å². The van der Waals surface area contributed by atoms with Crippen molar-refractivity contribution in [1.82, 2.24) is 15.2 Å². The standard InChI is InChI=1S/C15H15N3O/c1-11-16-15(18-17-11)10-13(14-8-5-9-19-14)12-6-3-2-4-7-12/h2-9,13H,10H2,1H3,(H,16,17,18). The molecule has 1 N–H and O–H groups in total. The van der Waals surface area contributed by atoms with E-state index in [2.05, 4.69) is 27.3 Å². The van der Waals surface area contributed by atoms with Gasteiger partial charge < -0.3 is 4.42 Å². The number of H-pyrrole nitrogens is 1. The molecule has 2 heterocycles. The van der Waals surface area contributed by atoms with E-state index in [1.807, 2.05) is 37.3 Å². The van der Waals surface area contributed by atoms with Gasteiger partial charge >= 0.3 is 0 Å². The van der Waals surface area contributed by atoms with E-state index in [-0.39, 0.29) is 5.92 Å². The van der Waals surface area contributed by atoms with Crippen LogP contribution in [-0.4, -0.2) is 15.2 Å². The number of aromatic amines is 1. The maximum absolute atomic E-state index is 5.56. The largest absolute Gasteiger partial charge is 0.469 e. The van der Waals surface area contributed by atoms with Crippen LogP contribution in [-0.2, 0) is 6.42 Å². The molecule has 1 atom stereocenters. The Morgan fingerprint density at radius 2 is 2.00 bits per heavy atom. The van der Waals surface area contributed by atoms with Crippen LogP contribution in [0.2, 0.25) is 0 Å². The van der Waals surface area contributed by atoms with E-state index in [0.29, 0.717) is 0 Å². The first kappa shape index (κ1) is 11.7. The highest BCUT2D eigenvalue weighted by molar-refractivity contribution is 5.28. The summed E-state index contributed by atoms with van der Waals surface area (Å²) < 4.78 is 5.56. The van der Waals surface area contributed by atoms with Gasteiger partial charge in [-0.1, -0.05) is 30.3 Å². The Kier molecular flexibility index (Phi) is 3.14. The van der Waals surface area contributed by atoms with Gasteiger partial charge in [-0.05, 0) is 24.6 Å². The molecular weight excluding hydrogens is 238 g/mol. The van der Waals surface area contributed by atoms with Crippen LogP contribution < -0.4 is 0 Å². The lowest BCUT2D eigenvalue weighted by Gasteiger charge is -2.13. The zero-order valence-corrected chi connectivity index (χ0v) is 10.7. The summed E-state index contributed by atoms with van der Waals surface area (Å²) >= 11 is 0. The van der Waals surface area contributed by atoms with Crippen LogP contribution >= 0.6 is 0 Å².